The molecule has 1 heterocycles. The number of benzene rings is 1. The van der Waals surface area contributed by atoms with E-state index in [1.165, 1.54) is 6.42 Å². The monoisotopic (exact) mass is 351 g/mol. The van der Waals surface area contributed by atoms with Crippen LogP contribution in [0.3, 0.4) is 0 Å². The zero-order valence-corrected chi connectivity index (χ0v) is 14.9. The van der Waals surface area contributed by atoms with Crippen LogP contribution < -0.4 is 4.74 Å². The fourth-order valence-corrected chi connectivity index (χ4v) is 3.19. The fourth-order valence-electron chi connectivity index (χ4n) is 3.19. The van der Waals surface area contributed by atoms with Gasteiger partial charge in [-0.15, -0.1) is 0 Å². The average Bonchev–Trinajstić information content (AvgIpc) is 2.62. The standard InChI is InChI=1S/C19H29NO5/c1-2-24-19(23)15-6-8-18(9-7-15)25-14-17(22)13-20-11-4-3-5-16(20)10-12-21/h6-9,16-17,21-22H,2-5,10-14H2,1H3/t16-,17+/m0/s1. The van der Waals surface area contributed by atoms with Gasteiger partial charge in [0.1, 0.15) is 18.5 Å². The van der Waals surface area contributed by atoms with E-state index in [1.54, 1.807) is 31.2 Å². The lowest BCUT2D eigenvalue weighted by molar-refractivity contribution is 0.0332. The molecule has 25 heavy (non-hydrogen) atoms. The number of aliphatic hydroxyl groups is 2. The number of nitrogens with zero attached hydrogens (tertiary/aromatic N) is 1. The summed E-state index contributed by atoms with van der Waals surface area (Å²) in [6.07, 6.45) is 3.54. The molecular weight excluding hydrogens is 322 g/mol. The minimum Gasteiger partial charge on any atom is -0.491 e. The van der Waals surface area contributed by atoms with E-state index in [2.05, 4.69) is 4.90 Å². The predicted molar refractivity (Wildman–Crippen MR) is 94.8 cm³/mol. The van der Waals surface area contributed by atoms with Crippen LogP contribution in [0.2, 0.25) is 0 Å². The second kappa shape index (κ2) is 10.4. The van der Waals surface area contributed by atoms with Gasteiger partial charge in [0.05, 0.1) is 12.2 Å². The van der Waals surface area contributed by atoms with Crippen LogP contribution in [0.5, 0.6) is 5.75 Å². The Labute approximate surface area is 149 Å². The van der Waals surface area contributed by atoms with Crippen LogP contribution >= 0.6 is 0 Å². The Hall–Kier alpha value is -1.63. The summed E-state index contributed by atoms with van der Waals surface area (Å²) in [5.41, 5.74) is 0.481. The molecule has 140 valence electrons. The number of β-amino-alcohol motifs (C(OH)–C–C–N with tert-alkyl or cyclic N) is 1. The van der Waals surface area contributed by atoms with E-state index in [4.69, 9.17) is 9.47 Å². The van der Waals surface area contributed by atoms with Crippen molar-refractivity contribution in [3.8, 4) is 5.75 Å². The third-order valence-electron chi connectivity index (χ3n) is 4.46. The van der Waals surface area contributed by atoms with E-state index >= 15 is 0 Å². The van der Waals surface area contributed by atoms with Crippen molar-refractivity contribution in [2.75, 3.05) is 32.9 Å². The highest BCUT2D eigenvalue weighted by molar-refractivity contribution is 5.89. The first-order valence-corrected chi connectivity index (χ1v) is 9.07. The summed E-state index contributed by atoms with van der Waals surface area (Å²) in [6.45, 7) is 3.99. The fraction of sp³-hybridized carbons (Fsp3) is 0.632. The molecule has 6 heteroatoms. The Morgan fingerprint density at radius 1 is 1.32 bits per heavy atom. The number of hydrogen-bond donors (Lipinski definition) is 2. The SMILES string of the molecule is CCOC(=O)c1ccc(OC[C@H](O)CN2CCCC[C@H]2CCO)cc1. The molecule has 2 atom stereocenters. The lowest BCUT2D eigenvalue weighted by Crippen LogP contribution is -2.45. The van der Waals surface area contributed by atoms with Crippen LogP contribution in [0, 0.1) is 0 Å². The van der Waals surface area contributed by atoms with Gasteiger partial charge in [0, 0.05) is 19.2 Å². The highest BCUT2D eigenvalue weighted by Gasteiger charge is 2.24. The van der Waals surface area contributed by atoms with Crippen LogP contribution in [0.1, 0.15) is 43.0 Å². The Morgan fingerprint density at radius 3 is 2.76 bits per heavy atom. The van der Waals surface area contributed by atoms with Gasteiger partial charge in [-0.3, -0.25) is 4.90 Å². The summed E-state index contributed by atoms with van der Waals surface area (Å²) in [5.74, 6) is 0.256. The van der Waals surface area contributed by atoms with E-state index in [1.807, 2.05) is 0 Å². The van der Waals surface area contributed by atoms with Crippen LogP contribution in [0.25, 0.3) is 0 Å². The van der Waals surface area contributed by atoms with Crippen molar-refractivity contribution in [2.45, 2.75) is 44.8 Å². The third kappa shape index (κ3) is 6.30. The first kappa shape index (κ1) is 19.7. The number of ether oxygens (including phenoxy) is 2. The number of carbonyl (C=O) groups excluding carboxylic acids is 1. The van der Waals surface area contributed by atoms with Crippen molar-refractivity contribution in [1.29, 1.82) is 0 Å². The van der Waals surface area contributed by atoms with E-state index in [9.17, 15) is 15.0 Å². The first-order valence-electron chi connectivity index (χ1n) is 9.07. The molecule has 0 aliphatic carbocycles. The quantitative estimate of drug-likeness (QED) is 0.661. The van der Waals surface area contributed by atoms with Crippen molar-refractivity contribution in [1.82, 2.24) is 4.90 Å². The van der Waals surface area contributed by atoms with Crippen molar-refractivity contribution >= 4 is 5.97 Å². The molecule has 0 bridgehead atoms. The topological polar surface area (TPSA) is 79.2 Å². The molecule has 0 amide bonds. The Morgan fingerprint density at radius 2 is 2.08 bits per heavy atom. The van der Waals surface area contributed by atoms with Gasteiger partial charge >= 0.3 is 5.97 Å². The normalized spacial score (nSPS) is 19.4. The molecule has 1 aromatic carbocycles. The van der Waals surface area contributed by atoms with Crippen molar-refractivity contribution in [3.05, 3.63) is 29.8 Å². The summed E-state index contributed by atoms with van der Waals surface area (Å²) in [7, 11) is 0. The minimum absolute atomic E-state index is 0.181. The summed E-state index contributed by atoms with van der Waals surface area (Å²) < 4.78 is 10.6. The maximum Gasteiger partial charge on any atom is 0.338 e. The van der Waals surface area contributed by atoms with Gasteiger partial charge in [-0.05, 0) is 57.0 Å². The van der Waals surface area contributed by atoms with Gasteiger partial charge in [-0.2, -0.15) is 0 Å². The molecular formula is C19H29NO5. The van der Waals surface area contributed by atoms with Gasteiger partial charge < -0.3 is 19.7 Å². The van der Waals surface area contributed by atoms with Gasteiger partial charge in [-0.1, -0.05) is 6.42 Å². The van der Waals surface area contributed by atoms with Gasteiger partial charge in [0.25, 0.3) is 0 Å². The number of piperidine rings is 1. The first-order chi connectivity index (χ1) is 12.1. The van der Waals surface area contributed by atoms with E-state index in [0.717, 1.165) is 25.8 Å². The molecule has 6 nitrogen and oxygen atoms in total. The third-order valence-corrected chi connectivity index (χ3v) is 4.46. The maximum absolute atomic E-state index is 11.6. The number of esters is 1. The zero-order chi connectivity index (χ0) is 18.1. The second-order valence-corrected chi connectivity index (χ2v) is 6.37. The van der Waals surface area contributed by atoms with Crippen LogP contribution in [-0.4, -0.2) is 66.1 Å². The van der Waals surface area contributed by atoms with E-state index in [-0.39, 0.29) is 19.2 Å². The molecule has 0 aromatic heterocycles. The van der Waals surface area contributed by atoms with Crippen molar-refractivity contribution < 1.29 is 24.5 Å². The lowest BCUT2D eigenvalue weighted by atomic mass is 9.99. The molecule has 0 saturated carbocycles. The van der Waals surface area contributed by atoms with E-state index < -0.39 is 6.10 Å². The van der Waals surface area contributed by atoms with Crippen molar-refractivity contribution in [2.24, 2.45) is 0 Å². The molecule has 0 unspecified atom stereocenters. The van der Waals surface area contributed by atoms with Crippen molar-refractivity contribution in [3.63, 3.8) is 0 Å². The molecule has 2 N–H and O–H groups in total. The highest BCUT2D eigenvalue weighted by atomic mass is 16.5. The Balaban J connectivity index is 1.79. The largest absolute Gasteiger partial charge is 0.491 e. The molecule has 0 radical (unpaired) electrons. The number of hydrogen-bond acceptors (Lipinski definition) is 6. The number of aliphatic hydroxyl groups excluding tert-OH is 2. The number of carbonyl (C=O) groups is 1. The van der Waals surface area contributed by atoms with Gasteiger partial charge in [-0.25, -0.2) is 4.79 Å². The Kier molecular flexibility index (Phi) is 8.18. The molecule has 0 spiro atoms. The number of rotatable bonds is 9. The molecule has 1 aliphatic rings. The van der Waals surface area contributed by atoms with Gasteiger partial charge in [0.2, 0.25) is 0 Å². The molecule has 1 fully saturated rings. The summed E-state index contributed by atoms with van der Waals surface area (Å²) in [5, 5.41) is 19.4. The summed E-state index contributed by atoms with van der Waals surface area (Å²) >= 11 is 0. The molecule has 1 aromatic rings. The Bertz CT molecular complexity index is 517. The minimum atomic E-state index is -0.593. The highest BCUT2D eigenvalue weighted by Crippen LogP contribution is 2.20. The summed E-state index contributed by atoms with van der Waals surface area (Å²) in [6, 6.07) is 7.06. The van der Waals surface area contributed by atoms with Crippen LogP contribution in [-0.2, 0) is 4.74 Å². The number of likely N-dealkylation sites (tertiary alicyclic amines) is 1. The van der Waals surface area contributed by atoms with Crippen LogP contribution in [0.15, 0.2) is 24.3 Å². The molecule has 1 aliphatic heterocycles. The lowest BCUT2D eigenvalue weighted by Gasteiger charge is -2.36. The second-order valence-electron chi connectivity index (χ2n) is 6.37. The smallest absolute Gasteiger partial charge is 0.338 e. The van der Waals surface area contributed by atoms with Gasteiger partial charge in [0.15, 0.2) is 0 Å². The molecule has 2 rings (SSSR count). The summed E-state index contributed by atoms with van der Waals surface area (Å²) in [4.78, 5) is 13.8. The zero-order valence-electron chi connectivity index (χ0n) is 14.9. The van der Waals surface area contributed by atoms with E-state index in [0.29, 0.717) is 30.5 Å². The predicted octanol–water partition coefficient (Wildman–Crippen LogP) is 1.84. The maximum atomic E-state index is 11.6. The molecule has 1 saturated heterocycles. The average molecular weight is 351 g/mol. The van der Waals surface area contributed by atoms with Crippen LogP contribution in [0.4, 0.5) is 0 Å².